The Morgan fingerprint density at radius 2 is 1.70 bits per heavy atom. The molecule has 0 aromatic carbocycles. The highest BCUT2D eigenvalue weighted by Crippen LogP contribution is 2.32. The van der Waals surface area contributed by atoms with E-state index in [0.717, 1.165) is 0 Å². The van der Waals surface area contributed by atoms with Gasteiger partial charge in [0, 0.05) is 25.7 Å². The summed E-state index contributed by atoms with van der Waals surface area (Å²) in [6, 6.07) is 0. The molecule has 0 aliphatic carbocycles. The smallest absolute Gasteiger partial charge is 0.303 e. The van der Waals surface area contributed by atoms with Crippen molar-refractivity contribution < 1.29 is 33.3 Å². The van der Waals surface area contributed by atoms with Crippen molar-refractivity contribution in [2.24, 2.45) is 5.11 Å². The molecule has 0 unspecified atom stereocenters. The number of nitrogens with zero attached hydrogens (tertiary/aromatic N) is 3. The monoisotopic (exact) mass is 393 g/mol. The van der Waals surface area contributed by atoms with Crippen LogP contribution in [0.5, 0.6) is 0 Å². The average Bonchev–Trinajstić information content (AvgIpc) is 2.43. The van der Waals surface area contributed by atoms with Crippen LogP contribution in [0.4, 0.5) is 0 Å². The van der Waals surface area contributed by atoms with Gasteiger partial charge in [0.15, 0.2) is 18.4 Å². The van der Waals surface area contributed by atoms with E-state index in [0.29, 0.717) is 0 Å². The van der Waals surface area contributed by atoms with Gasteiger partial charge in [0.25, 0.3) is 0 Å². The third-order valence-corrected chi connectivity index (χ3v) is 3.78. The maximum atomic E-state index is 11.3. The number of azide groups is 1. The topological polar surface area (TPSA) is 137 Å². The summed E-state index contributed by atoms with van der Waals surface area (Å²) < 4.78 is 20.7. The molecule has 1 aliphatic heterocycles. The molecule has 1 rings (SSSR count). The minimum absolute atomic E-state index is 0.262. The van der Waals surface area contributed by atoms with Crippen LogP contribution in [-0.2, 0) is 33.3 Å². The van der Waals surface area contributed by atoms with Crippen molar-refractivity contribution in [3.8, 4) is 0 Å². The van der Waals surface area contributed by atoms with Gasteiger partial charge in [-0.2, -0.15) is 0 Å². The zero-order valence-corrected chi connectivity index (χ0v) is 14.3. The summed E-state index contributed by atoms with van der Waals surface area (Å²) in [4.78, 5) is 35.5. The number of hydrogen-bond acceptors (Lipinski definition) is 8. The van der Waals surface area contributed by atoms with Crippen LogP contribution in [0.15, 0.2) is 5.11 Å². The maximum absolute atomic E-state index is 11.3. The predicted molar refractivity (Wildman–Crippen MR) is 78.3 cm³/mol. The van der Waals surface area contributed by atoms with Crippen molar-refractivity contribution in [2.75, 3.05) is 6.61 Å². The van der Waals surface area contributed by atoms with Gasteiger partial charge in [0.1, 0.15) is 12.7 Å². The van der Waals surface area contributed by atoms with E-state index in [2.05, 4.69) is 26.0 Å². The number of carbonyl (C=O) groups is 3. The van der Waals surface area contributed by atoms with Crippen molar-refractivity contribution in [1.82, 2.24) is 0 Å². The van der Waals surface area contributed by atoms with Gasteiger partial charge in [-0.1, -0.05) is 21.0 Å². The number of alkyl halides is 1. The summed E-state index contributed by atoms with van der Waals surface area (Å²) in [6.07, 6.45) is -4.03. The second-order valence-corrected chi connectivity index (χ2v) is 5.72. The first-order valence-electron chi connectivity index (χ1n) is 6.57. The molecule has 1 saturated heterocycles. The minimum atomic E-state index is -1.04. The largest absolute Gasteiger partial charge is 0.463 e. The van der Waals surface area contributed by atoms with E-state index in [1.807, 2.05) is 0 Å². The first-order valence-corrected chi connectivity index (χ1v) is 7.49. The van der Waals surface area contributed by atoms with Crippen LogP contribution < -0.4 is 0 Å². The molecule has 128 valence electrons. The third kappa shape index (κ3) is 5.70. The van der Waals surface area contributed by atoms with Crippen molar-refractivity contribution in [3.63, 3.8) is 0 Å². The van der Waals surface area contributed by atoms with Gasteiger partial charge in [0.2, 0.25) is 0 Å². The summed E-state index contributed by atoms with van der Waals surface area (Å²) in [5.41, 5.74) is 8.60. The fourth-order valence-electron chi connectivity index (χ4n) is 2.02. The Morgan fingerprint density at radius 3 is 2.17 bits per heavy atom. The van der Waals surface area contributed by atoms with Crippen LogP contribution in [-0.4, -0.2) is 53.9 Å². The van der Waals surface area contributed by atoms with Gasteiger partial charge in [0.05, 0.1) is 4.83 Å². The fourth-order valence-corrected chi connectivity index (χ4v) is 2.66. The van der Waals surface area contributed by atoms with Crippen molar-refractivity contribution >= 4 is 33.8 Å². The van der Waals surface area contributed by atoms with Crippen LogP contribution in [0.3, 0.4) is 0 Å². The lowest BCUT2D eigenvalue weighted by Crippen LogP contribution is -2.58. The average molecular weight is 394 g/mol. The Bertz CT molecular complexity index is 523. The zero-order valence-electron chi connectivity index (χ0n) is 12.7. The predicted octanol–water partition coefficient (Wildman–Crippen LogP) is 1.21. The maximum Gasteiger partial charge on any atom is 0.303 e. The van der Waals surface area contributed by atoms with Gasteiger partial charge in [-0.15, -0.1) is 0 Å². The molecular weight excluding hydrogens is 378 g/mol. The number of esters is 3. The highest BCUT2D eigenvalue weighted by molar-refractivity contribution is 9.09. The van der Waals surface area contributed by atoms with Gasteiger partial charge in [-0.25, -0.2) is 0 Å². The van der Waals surface area contributed by atoms with Gasteiger partial charge < -0.3 is 18.9 Å². The molecule has 0 N–H and O–H groups in total. The highest BCUT2D eigenvalue weighted by Gasteiger charge is 2.49. The third-order valence-electron chi connectivity index (χ3n) is 2.81. The van der Waals surface area contributed by atoms with E-state index in [9.17, 15) is 14.4 Å². The molecule has 0 amide bonds. The number of rotatable bonds is 5. The van der Waals surface area contributed by atoms with Crippen LogP contribution in [0.2, 0.25) is 0 Å². The molecule has 0 aromatic rings. The molecule has 1 fully saturated rings. The summed E-state index contributed by atoms with van der Waals surface area (Å²) in [6.45, 7) is 3.30. The molecule has 0 spiro atoms. The Kier molecular flexibility index (Phi) is 7.27. The van der Waals surface area contributed by atoms with Crippen LogP contribution in [0.1, 0.15) is 20.8 Å². The van der Waals surface area contributed by atoms with Gasteiger partial charge in [-0.3, -0.25) is 14.4 Å². The van der Waals surface area contributed by atoms with E-state index >= 15 is 0 Å². The first kappa shape index (κ1) is 19.2. The van der Waals surface area contributed by atoms with E-state index in [4.69, 9.17) is 24.5 Å². The molecule has 1 heterocycles. The van der Waals surface area contributed by atoms with Gasteiger partial charge >= 0.3 is 17.9 Å². The van der Waals surface area contributed by atoms with Crippen molar-refractivity contribution in [2.45, 2.75) is 50.1 Å². The van der Waals surface area contributed by atoms with E-state index in [-0.39, 0.29) is 6.61 Å². The minimum Gasteiger partial charge on any atom is -0.463 e. The molecule has 0 aromatic heterocycles. The molecular formula is C12H16BrN3O7. The summed E-state index contributed by atoms with van der Waals surface area (Å²) in [5.74, 6) is -1.82. The molecule has 0 saturated carbocycles. The summed E-state index contributed by atoms with van der Waals surface area (Å²) in [5, 5.41) is 3.45. The Hall–Kier alpha value is -1.84. The second kappa shape index (κ2) is 8.70. The Labute approximate surface area is 140 Å². The number of ether oxygens (including phenoxy) is 4. The Morgan fingerprint density at radius 1 is 1.13 bits per heavy atom. The SMILES string of the molecule is CC(=O)OC[C@H]1O[C@@H](N=[N+]=[N-])[C@H](Br)[C@@H](OC(C)=O)[C@@H]1OC(C)=O. The molecule has 0 radical (unpaired) electrons. The van der Waals surface area contributed by atoms with Crippen molar-refractivity contribution in [3.05, 3.63) is 10.4 Å². The number of hydrogen-bond donors (Lipinski definition) is 0. The standard InChI is InChI=1S/C12H16BrN3O7/c1-5(17)20-4-8-10(21-6(2)18)11(22-7(3)19)9(13)12(23-8)15-16-14/h8-12H,4H2,1-3H3/t8-,9-,10-,11-,12-/m1/s1. The lowest BCUT2D eigenvalue weighted by Gasteiger charge is -2.41. The zero-order chi connectivity index (χ0) is 17.6. The molecule has 0 bridgehead atoms. The lowest BCUT2D eigenvalue weighted by molar-refractivity contribution is -0.211. The Balaban J connectivity index is 3.09. The first-order chi connectivity index (χ1) is 10.8. The molecule has 5 atom stereocenters. The van der Waals surface area contributed by atoms with Crippen LogP contribution >= 0.6 is 15.9 Å². The normalized spacial score (nSPS) is 29.8. The van der Waals surface area contributed by atoms with Crippen LogP contribution in [0, 0.1) is 0 Å². The number of carbonyl (C=O) groups excluding carboxylic acids is 3. The quantitative estimate of drug-likeness (QED) is 0.171. The number of halogens is 1. The lowest BCUT2D eigenvalue weighted by atomic mass is 10.0. The summed E-state index contributed by atoms with van der Waals surface area (Å²) in [7, 11) is 0. The van der Waals surface area contributed by atoms with Crippen LogP contribution in [0.25, 0.3) is 10.4 Å². The van der Waals surface area contributed by atoms with E-state index in [1.165, 1.54) is 20.8 Å². The van der Waals surface area contributed by atoms with Crippen molar-refractivity contribution in [1.29, 1.82) is 0 Å². The molecule has 11 heteroatoms. The van der Waals surface area contributed by atoms with E-state index < -0.39 is 47.3 Å². The fraction of sp³-hybridized carbons (Fsp3) is 0.750. The molecule has 10 nitrogen and oxygen atoms in total. The van der Waals surface area contributed by atoms with E-state index in [1.54, 1.807) is 0 Å². The molecule has 23 heavy (non-hydrogen) atoms. The van der Waals surface area contributed by atoms with Gasteiger partial charge in [-0.05, 0) is 5.53 Å². The molecule has 1 aliphatic rings. The summed E-state index contributed by atoms with van der Waals surface area (Å²) >= 11 is 3.22. The second-order valence-electron chi connectivity index (χ2n) is 4.67. The highest BCUT2D eigenvalue weighted by atomic mass is 79.9.